The summed E-state index contributed by atoms with van der Waals surface area (Å²) in [4.78, 5) is 2.47. The Bertz CT molecular complexity index is 451. The summed E-state index contributed by atoms with van der Waals surface area (Å²) >= 11 is 5.04. The molecule has 1 aromatic rings. The van der Waals surface area contributed by atoms with Crippen molar-refractivity contribution in [1.82, 2.24) is 4.90 Å². The van der Waals surface area contributed by atoms with Crippen molar-refractivity contribution in [2.75, 3.05) is 6.54 Å². The standard InChI is InChI=1S/C13H16F2N2S/c14-10-4-5-11(15)9(7-10)8-17-6-2-1-3-12(17)13(16)18/h4-5,7,12H,1-3,6,8H2,(H2,16,18). The Morgan fingerprint density at radius 2 is 2.17 bits per heavy atom. The third-order valence-electron chi connectivity index (χ3n) is 3.32. The van der Waals surface area contributed by atoms with E-state index in [1.165, 1.54) is 6.07 Å². The minimum Gasteiger partial charge on any atom is -0.392 e. The van der Waals surface area contributed by atoms with Gasteiger partial charge in [-0.05, 0) is 37.6 Å². The molecule has 0 saturated carbocycles. The van der Waals surface area contributed by atoms with E-state index in [2.05, 4.69) is 0 Å². The molecular weight excluding hydrogens is 254 g/mol. The van der Waals surface area contributed by atoms with Gasteiger partial charge in [-0.25, -0.2) is 8.78 Å². The van der Waals surface area contributed by atoms with Crippen LogP contribution in [-0.4, -0.2) is 22.5 Å². The summed E-state index contributed by atoms with van der Waals surface area (Å²) in [5.41, 5.74) is 6.06. The van der Waals surface area contributed by atoms with E-state index in [-0.39, 0.29) is 11.9 Å². The molecule has 1 aliphatic rings. The van der Waals surface area contributed by atoms with Gasteiger partial charge in [0.05, 0.1) is 11.0 Å². The summed E-state index contributed by atoms with van der Waals surface area (Å²) in [5.74, 6) is -0.807. The molecule has 0 radical (unpaired) electrons. The van der Waals surface area contributed by atoms with Crippen LogP contribution in [0.4, 0.5) is 8.78 Å². The Kier molecular flexibility index (Phi) is 4.24. The van der Waals surface area contributed by atoms with Gasteiger partial charge in [0.1, 0.15) is 11.6 Å². The molecule has 2 N–H and O–H groups in total. The fourth-order valence-electron chi connectivity index (χ4n) is 2.39. The smallest absolute Gasteiger partial charge is 0.127 e. The van der Waals surface area contributed by atoms with Gasteiger partial charge in [0.15, 0.2) is 0 Å². The number of thiocarbonyl (C=S) groups is 1. The molecule has 2 rings (SSSR count). The van der Waals surface area contributed by atoms with E-state index in [1.54, 1.807) is 0 Å². The van der Waals surface area contributed by atoms with Crippen molar-refractivity contribution in [2.24, 2.45) is 5.73 Å². The second kappa shape index (κ2) is 5.71. The van der Waals surface area contributed by atoms with Crippen LogP contribution >= 0.6 is 12.2 Å². The molecule has 1 fully saturated rings. The molecule has 2 nitrogen and oxygen atoms in total. The Morgan fingerprint density at radius 3 is 2.89 bits per heavy atom. The van der Waals surface area contributed by atoms with E-state index in [1.807, 2.05) is 4.90 Å². The molecule has 1 saturated heterocycles. The maximum Gasteiger partial charge on any atom is 0.127 e. The van der Waals surface area contributed by atoms with Gasteiger partial charge in [-0.15, -0.1) is 0 Å². The van der Waals surface area contributed by atoms with E-state index in [0.717, 1.165) is 37.9 Å². The van der Waals surface area contributed by atoms with Gasteiger partial charge >= 0.3 is 0 Å². The van der Waals surface area contributed by atoms with Gasteiger partial charge in [-0.3, -0.25) is 4.90 Å². The van der Waals surface area contributed by atoms with E-state index < -0.39 is 5.82 Å². The number of nitrogens with two attached hydrogens (primary N) is 1. The normalized spacial score (nSPS) is 20.9. The SMILES string of the molecule is NC(=S)C1CCCCN1Cc1cc(F)ccc1F. The molecule has 18 heavy (non-hydrogen) atoms. The van der Waals surface area contributed by atoms with Gasteiger partial charge in [0.25, 0.3) is 0 Å². The van der Waals surface area contributed by atoms with Crippen molar-refractivity contribution in [1.29, 1.82) is 0 Å². The maximum absolute atomic E-state index is 13.6. The highest BCUT2D eigenvalue weighted by molar-refractivity contribution is 7.80. The highest BCUT2D eigenvalue weighted by Gasteiger charge is 2.25. The Labute approximate surface area is 111 Å². The first-order valence-corrected chi connectivity index (χ1v) is 6.46. The zero-order valence-corrected chi connectivity index (χ0v) is 10.9. The molecule has 5 heteroatoms. The van der Waals surface area contributed by atoms with Crippen molar-refractivity contribution in [3.63, 3.8) is 0 Å². The van der Waals surface area contributed by atoms with Gasteiger partial charge < -0.3 is 5.73 Å². The fraction of sp³-hybridized carbons (Fsp3) is 0.462. The van der Waals surface area contributed by atoms with Crippen LogP contribution in [0.15, 0.2) is 18.2 Å². The van der Waals surface area contributed by atoms with Crippen LogP contribution in [0.2, 0.25) is 0 Å². The summed E-state index contributed by atoms with van der Waals surface area (Å²) in [6, 6.07) is 3.52. The lowest BCUT2D eigenvalue weighted by Crippen LogP contribution is -2.46. The lowest BCUT2D eigenvalue weighted by molar-refractivity contribution is 0.182. The number of likely N-dealkylation sites (tertiary alicyclic amines) is 1. The van der Waals surface area contributed by atoms with E-state index in [4.69, 9.17) is 18.0 Å². The second-order valence-corrected chi connectivity index (χ2v) is 5.09. The molecule has 0 amide bonds. The maximum atomic E-state index is 13.6. The number of rotatable bonds is 3. The molecule has 1 aromatic carbocycles. The number of benzene rings is 1. The third-order valence-corrected chi connectivity index (χ3v) is 3.60. The Hall–Kier alpha value is -1.07. The lowest BCUT2D eigenvalue weighted by atomic mass is 10.0. The van der Waals surface area contributed by atoms with Crippen LogP contribution in [0, 0.1) is 11.6 Å². The van der Waals surface area contributed by atoms with E-state index in [0.29, 0.717) is 17.1 Å². The highest BCUT2D eigenvalue weighted by Crippen LogP contribution is 2.21. The van der Waals surface area contributed by atoms with Crippen LogP contribution < -0.4 is 5.73 Å². The zero-order chi connectivity index (χ0) is 13.1. The number of halogens is 2. The predicted octanol–water partition coefficient (Wildman–Crippen LogP) is 2.61. The van der Waals surface area contributed by atoms with Crippen LogP contribution in [0.25, 0.3) is 0 Å². The molecule has 1 heterocycles. The molecule has 0 aliphatic carbocycles. The van der Waals surface area contributed by atoms with Crippen molar-refractivity contribution >= 4 is 17.2 Å². The topological polar surface area (TPSA) is 29.3 Å². The number of hydrogen-bond donors (Lipinski definition) is 1. The first kappa shape index (κ1) is 13.4. The molecule has 1 atom stereocenters. The largest absolute Gasteiger partial charge is 0.392 e. The number of hydrogen-bond acceptors (Lipinski definition) is 2. The average molecular weight is 270 g/mol. The van der Waals surface area contributed by atoms with Crippen LogP contribution in [0.3, 0.4) is 0 Å². The van der Waals surface area contributed by atoms with Crippen LogP contribution in [-0.2, 0) is 6.54 Å². The summed E-state index contributed by atoms with van der Waals surface area (Å²) in [6.45, 7) is 1.17. The minimum absolute atomic E-state index is 0.00332. The molecule has 0 bridgehead atoms. The summed E-state index contributed by atoms with van der Waals surface area (Å²) in [6.07, 6.45) is 3.01. The minimum atomic E-state index is -0.421. The molecule has 1 unspecified atom stereocenters. The van der Waals surface area contributed by atoms with Gasteiger partial charge in [0, 0.05) is 12.1 Å². The van der Waals surface area contributed by atoms with Crippen molar-refractivity contribution in [3.8, 4) is 0 Å². The first-order valence-electron chi connectivity index (χ1n) is 6.05. The quantitative estimate of drug-likeness (QED) is 0.856. The lowest BCUT2D eigenvalue weighted by Gasteiger charge is -2.35. The fourth-order valence-corrected chi connectivity index (χ4v) is 2.65. The van der Waals surface area contributed by atoms with Crippen LogP contribution in [0.1, 0.15) is 24.8 Å². The Balaban J connectivity index is 2.15. The zero-order valence-electron chi connectivity index (χ0n) is 10.0. The summed E-state index contributed by atoms with van der Waals surface area (Å²) in [5, 5.41) is 0. The molecule has 0 aromatic heterocycles. The predicted molar refractivity (Wildman–Crippen MR) is 71.2 cm³/mol. The molecular formula is C13H16F2N2S. The highest BCUT2D eigenvalue weighted by atomic mass is 32.1. The first-order chi connectivity index (χ1) is 8.58. The molecule has 0 spiro atoms. The Morgan fingerprint density at radius 1 is 1.39 bits per heavy atom. The molecule has 1 aliphatic heterocycles. The summed E-state index contributed by atoms with van der Waals surface area (Å²) < 4.78 is 26.7. The average Bonchev–Trinajstić information content (AvgIpc) is 2.34. The van der Waals surface area contributed by atoms with Gasteiger partial charge in [0.2, 0.25) is 0 Å². The monoisotopic (exact) mass is 270 g/mol. The third kappa shape index (κ3) is 3.03. The number of nitrogens with zero attached hydrogens (tertiary/aromatic N) is 1. The van der Waals surface area contributed by atoms with E-state index >= 15 is 0 Å². The van der Waals surface area contributed by atoms with Crippen molar-refractivity contribution in [2.45, 2.75) is 31.8 Å². The van der Waals surface area contributed by atoms with E-state index in [9.17, 15) is 8.78 Å². The van der Waals surface area contributed by atoms with Gasteiger partial charge in [-0.2, -0.15) is 0 Å². The van der Waals surface area contributed by atoms with Crippen molar-refractivity contribution in [3.05, 3.63) is 35.4 Å². The second-order valence-electron chi connectivity index (χ2n) is 4.62. The van der Waals surface area contributed by atoms with Crippen molar-refractivity contribution < 1.29 is 8.78 Å². The summed E-state index contributed by atoms with van der Waals surface area (Å²) in [7, 11) is 0. The molecule has 98 valence electrons. The van der Waals surface area contributed by atoms with Gasteiger partial charge in [-0.1, -0.05) is 18.6 Å². The number of piperidine rings is 1. The van der Waals surface area contributed by atoms with Crippen LogP contribution in [0.5, 0.6) is 0 Å².